The number of hydrogen-bond acceptors (Lipinski definition) is 2. The van der Waals surface area contributed by atoms with Gasteiger partial charge in [-0.25, -0.2) is 0 Å². The number of nitrogens with one attached hydrogen (secondary N) is 1. The number of amides is 1. The van der Waals surface area contributed by atoms with Crippen LogP contribution in [0.1, 0.15) is 76.5 Å². The third-order valence-electron chi connectivity index (χ3n) is 5.14. The maximum Gasteiger partial charge on any atom is 0.252 e. The minimum atomic E-state index is -0.0769. The largest absolute Gasteiger partial charge is 0.496 e. The van der Waals surface area contributed by atoms with Gasteiger partial charge in [0.1, 0.15) is 5.75 Å². The van der Waals surface area contributed by atoms with E-state index in [4.69, 9.17) is 4.74 Å². The van der Waals surface area contributed by atoms with Gasteiger partial charge in [0, 0.05) is 5.56 Å². The van der Waals surface area contributed by atoms with Crippen LogP contribution >= 0.6 is 0 Å². The van der Waals surface area contributed by atoms with Gasteiger partial charge in [-0.15, -0.1) is 0 Å². The lowest BCUT2D eigenvalue weighted by molar-refractivity contribution is 0.0939. The standard InChI is InChI=1S/C23H31NO2/c1-13(2)19-12-20(17(6)11-22(19)26-8)18(7)24-23(25)21-10-15(4)14(3)9-16(21)5/h9-13,18H,1-8H3,(H,24,25)/t18-/m1/s1. The predicted octanol–water partition coefficient (Wildman–Crippen LogP) is 5.54. The molecule has 0 aromatic heterocycles. The van der Waals surface area contributed by atoms with Gasteiger partial charge in [-0.05, 0) is 92.1 Å². The summed E-state index contributed by atoms with van der Waals surface area (Å²) in [5, 5.41) is 3.16. The van der Waals surface area contributed by atoms with Crippen LogP contribution < -0.4 is 10.1 Å². The van der Waals surface area contributed by atoms with Gasteiger partial charge in [0.2, 0.25) is 0 Å². The molecule has 0 saturated heterocycles. The molecule has 0 fully saturated rings. The van der Waals surface area contributed by atoms with Crippen molar-refractivity contribution in [1.82, 2.24) is 5.32 Å². The SMILES string of the molecule is COc1cc(C)c([C@@H](C)NC(=O)c2cc(C)c(C)cc2C)cc1C(C)C. The van der Waals surface area contributed by atoms with Crippen LogP contribution in [-0.4, -0.2) is 13.0 Å². The van der Waals surface area contributed by atoms with E-state index in [9.17, 15) is 4.79 Å². The van der Waals surface area contributed by atoms with E-state index in [1.54, 1.807) is 7.11 Å². The molecule has 0 spiro atoms. The number of carbonyl (C=O) groups is 1. The summed E-state index contributed by atoms with van der Waals surface area (Å²) in [5.41, 5.74) is 7.51. The van der Waals surface area contributed by atoms with Crippen LogP contribution in [-0.2, 0) is 0 Å². The Labute approximate surface area is 157 Å². The van der Waals surface area contributed by atoms with Crippen molar-refractivity contribution in [1.29, 1.82) is 0 Å². The molecule has 2 aromatic carbocycles. The van der Waals surface area contributed by atoms with E-state index in [-0.39, 0.29) is 11.9 Å². The van der Waals surface area contributed by atoms with E-state index in [1.165, 1.54) is 5.56 Å². The molecule has 3 nitrogen and oxygen atoms in total. The lowest BCUT2D eigenvalue weighted by Crippen LogP contribution is -2.28. The second-order valence-corrected chi connectivity index (χ2v) is 7.55. The Kier molecular flexibility index (Phi) is 6.12. The summed E-state index contributed by atoms with van der Waals surface area (Å²) in [6.45, 7) is 14.5. The van der Waals surface area contributed by atoms with Crippen molar-refractivity contribution in [3.8, 4) is 5.75 Å². The summed E-state index contributed by atoms with van der Waals surface area (Å²) in [6.07, 6.45) is 0. The molecule has 1 atom stereocenters. The highest BCUT2D eigenvalue weighted by Crippen LogP contribution is 2.32. The van der Waals surface area contributed by atoms with Gasteiger partial charge >= 0.3 is 0 Å². The number of ether oxygens (including phenoxy) is 1. The topological polar surface area (TPSA) is 38.3 Å². The normalized spacial score (nSPS) is 12.2. The van der Waals surface area contributed by atoms with Crippen LogP contribution in [0.5, 0.6) is 5.75 Å². The molecule has 0 aliphatic carbocycles. The summed E-state index contributed by atoms with van der Waals surface area (Å²) < 4.78 is 5.53. The smallest absolute Gasteiger partial charge is 0.252 e. The van der Waals surface area contributed by atoms with Crippen molar-refractivity contribution >= 4 is 5.91 Å². The van der Waals surface area contributed by atoms with Crippen LogP contribution in [0.25, 0.3) is 0 Å². The number of aryl methyl sites for hydroxylation is 4. The van der Waals surface area contributed by atoms with Gasteiger partial charge in [0.05, 0.1) is 13.2 Å². The first-order chi connectivity index (χ1) is 12.1. The van der Waals surface area contributed by atoms with Crippen molar-refractivity contribution in [3.63, 3.8) is 0 Å². The molecule has 3 heteroatoms. The third kappa shape index (κ3) is 4.09. The fourth-order valence-electron chi connectivity index (χ4n) is 3.37. The highest BCUT2D eigenvalue weighted by atomic mass is 16.5. The van der Waals surface area contributed by atoms with Gasteiger partial charge < -0.3 is 10.1 Å². The molecule has 0 aliphatic rings. The fraction of sp³-hybridized carbons (Fsp3) is 0.435. The van der Waals surface area contributed by atoms with E-state index in [0.29, 0.717) is 5.92 Å². The number of benzene rings is 2. The van der Waals surface area contributed by atoms with Gasteiger partial charge in [-0.1, -0.05) is 19.9 Å². The van der Waals surface area contributed by atoms with Gasteiger partial charge in [-0.2, -0.15) is 0 Å². The van der Waals surface area contributed by atoms with Gasteiger partial charge in [-0.3, -0.25) is 4.79 Å². The molecule has 0 bridgehead atoms. The van der Waals surface area contributed by atoms with Crippen molar-refractivity contribution in [3.05, 3.63) is 63.2 Å². The number of hydrogen-bond donors (Lipinski definition) is 1. The molecule has 0 aliphatic heterocycles. The first-order valence-corrected chi connectivity index (χ1v) is 9.22. The lowest BCUT2D eigenvalue weighted by Gasteiger charge is -2.21. The lowest BCUT2D eigenvalue weighted by atomic mass is 9.93. The molecule has 0 radical (unpaired) electrons. The predicted molar refractivity (Wildman–Crippen MR) is 108 cm³/mol. The van der Waals surface area contributed by atoms with E-state index in [1.807, 2.05) is 26.8 Å². The second kappa shape index (κ2) is 7.94. The number of carbonyl (C=O) groups excluding carboxylic acids is 1. The first kappa shape index (κ1) is 20.0. The Morgan fingerprint density at radius 2 is 1.46 bits per heavy atom. The Hall–Kier alpha value is -2.29. The van der Waals surface area contributed by atoms with E-state index in [0.717, 1.165) is 39.1 Å². The molecule has 26 heavy (non-hydrogen) atoms. The van der Waals surface area contributed by atoms with Crippen molar-refractivity contribution in [2.24, 2.45) is 0 Å². The Bertz CT molecular complexity index is 821. The van der Waals surface area contributed by atoms with Crippen LogP contribution in [0.3, 0.4) is 0 Å². The van der Waals surface area contributed by atoms with Crippen LogP contribution in [0, 0.1) is 27.7 Å². The molecule has 0 unspecified atom stereocenters. The number of methoxy groups -OCH3 is 1. The van der Waals surface area contributed by atoms with Crippen LogP contribution in [0.15, 0.2) is 24.3 Å². The third-order valence-corrected chi connectivity index (χ3v) is 5.14. The van der Waals surface area contributed by atoms with E-state index in [2.05, 4.69) is 51.2 Å². The molecular formula is C23H31NO2. The fourth-order valence-corrected chi connectivity index (χ4v) is 3.37. The summed E-state index contributed by atoms with van der Waals surface area (Å²) in [4.78, 5) is 12.8. The quantitative estimate of drug-likeness (QED) is 0.766. The summed E-state index contributed by atoms with van der Waals surface area (Å²) in [6, 6.07) is 8.20. The minimum absolute atomic E-state index is 0.0283. The molecule has 0 heterocycles. The molecular weight excluding hydrogens is 322 g/mol. The van der Waals surface area contributed by atoms with Crippen molar-refractivity contribution < 1.29 is 9.53 Å². The van der Waals surface area contributed by atoms with Crippen molar-refractivity contribution in [2.45, 2.75) is 60.4 Å². The Morgan fingerprint density at radius 1 is 0.846 bits per heavy atom. The zero-order valence-electron chi connectivity index (χ0n) is 17.3. The molecule has 1 N–H and O–H groups in total. The maximum absolute atomic E-state index is 12.8. The van der Waals surface area contributed by atoms with Crippen molar-refractivity contribution in [2.75, 3.05) is 7.11 Å². The molecule has 2 aromatic rings. The molecule has 140 valence electrons. The number of rotatable bonds is 5. The first-order valence-electron chi connectivity index (χ1n) is 9.22. The average Bonchev–Trinajstić information content (AvgIpc) is 2.57. The van der Waals surface area contributed by atoms with E-state index >= 15 is 0 Å². The second-order valence-electron chi connectivity index (χ2n) is 7.55. The zero-order chi connectivity index (χ0) is 19.6. The van der Waals surface area contributed by atoms with Gasteiger partial charge in [0.25, 0.3) is 5.91 Å². The summed E-state index contributed by atoms with van der Waals surface area (Å²) >= 11 is 0. The zero-order valence-corrected chi connectivity index (χ0v) is 17.3. The highest BCUT2D eigenvalue weighted by Gasteiger charge is 2.18. The summed E-state index contributed by atoms with van der Waals surface area (Å²) in [7, 11) is 1.70. The average molecular weight is 354 g/mol. The maximum atomic E-state index is 12.8. The van der Waals surface area contributed by atoms with Crippen LogP contribution in [0.2, 0.25) is 0 Å². The molecule has 1 amide bonds. The Morgan fingerprint density at radius 3 is 2.04 bits per heavy atom. The molecule has 2 rings (SSSR count). The van der Waals surface area contributed by atoms with Gasteiger partial charge in [0.15, 0.2) is 0 Å². The van der Waals surface area contributed by atoms with E-state index < -0.39 is 0 Å². The summed E-state index contributed by atoms with van der Waals surface area (Å²) in [5.74, 6) is 1.23. The monoisotopic (exact) mass is 353 g/mol. The molecule has 0 saturated carbocycles. The highest BCUT2D eigenvalue weighted by molar-refractivity contribution is 5.96. The Balaban J connectivity index is 2.32. The van der Waals surface area contributed by atoms with Crippen LogP contribution in [0.4, 0.5) is 0 Å². The minimum Gasteiger partial charge on any atom is -0.496 e.